The van der Waals surface area contributed by atoms with Crippen molar-refractivity contribution in [2.45, 2.75) is 49.7 Å². The summed E-state index contributed by atoms with van der Waals surface area (Å²) in [6.45, 7) is 1.46. The minimum Gasteiger partial charge on any atom is -0.508 e. The highest BCUT2D eigenvalue weighted by Gasteiger charge is 2.50. The van der Waals surface area contributed by atoms with E-state index in [0.717, 1.165) is 16.8 Å². The van der Waals surface area contributed by atoms with Crippen molar-refractivity contribution < 1.29 is 39.9 Å². The van der Waals surface area contributed by atoms with Crippen molar-refractivity contribution in [3.8, 4) is 5.75 Å². The van der Waals surface area contributed by atoms with Crippen LogP contribution >= 0.6 is 0 Å². The first-order chi connectivity index (χ1) is 16.4. The number of carbonyl (C=O) groups excluding carboxylic acids is 1. The number of hydrogen-bond donors (Lipinski definition) is 8. The minimum atomic E-state index is -1.89. The molecule has 0 saturated carbocycles. The van der Waals surface area contributed by atoms with E-state index in [-0.39, 0.29) is 5.75 Å². The van der Waals surface area contributed by atoms with Crippen molar-refractivity contribution in [2.24, 2.45) is 11.7 Å². The summed E-state index contributed by atoms with van der Waals surface area (Å²) in [6.07, 6.45) is -7.09. The zero-order valence-corrected chi connectivity index (χ0v) is 18.4. The summed E-state index contributed by atoms with van der Waals surface area (Å²) in [5, 5.41) is 52.5. The number of phenols is 1. The summed E-state index contributed by atoms with van der Waals surface area (Å²) < 4.78 is 6.18. The molecule has 9 N–H and O–H groups in total. The Kier molecular flexibility index (Phi) is 7.72. The molecule has 0 radical (unpaired) electrons. The molecule has 1 aromatic carbocycles. The van der Waals surface area contributed by atoms with Crippen molar-refractivity contribution in [1.82, 2.24) is 14.9 Å². The molecule has 14 nitrogen and oxygen atoms in total. The summed E-state index contributed by atoms with van der Waals surface area (Å²) in [5.74, 6) is -3.54. The quantitative estimate of drug-likeness (QED) is 0.185. The Balaban J connectivity index is 1.76. The number of hydrogen-bond acceptors (Lipinski definition) is 10. The predicted molar refractivity (Wildman–Crippen MR) is 117 cm³/mol. The second-order valence-corrected chi connectivity index (χ2v) is 8.24. The van der Waals surface area contributed by atoms with Crippen LogP contribution in [0.5, 0.6) is 5.75 Å². The zero-order valence-electron chi connectivity index (χ0n) is 18.4. The lowest BCUT2D eigenvalue weighted by atomic mass is 9.90. The molecule has 0 spiro atoms. The molecule has 8 unspecified atom stereocenters. The highest BCUT2D eigenvalue weighted by molar-refractivity contribution is 5.87. The first kappa shape index (κ1) is 26.1. The first-order valence-corrected chi connectivity index (χ1v) is 10.5. The molecular formula is C21H26N4O10. The van der Waals surface area contributed by atoms with Gasteiger partial charge < -0.3 is 41.3 Å². The van der Waals surface area contributed by atoms with Crippen molar-refractivity contribution in [3.05, 3.63) is 62.9 Å². The lowest BCUT2D eigenvalue weighted by molar-refractivity contribution is -0.149. The van der Waals surface area contributed by atoms with E-state index >= 15 is 0 Å². The van der Waals surface area contributed by atoms with E-state index in [4.69, 9.17) is 10.5 Å². The summed E-state index contributed by atoms with van der Waals surface area (Å²) in [4.78, 5) is 49.9. The lowest BCUT2D eigenvalue weighted by Gasteiger charge is -2.28. The number of ether oxygens (including phenoxy) is 1. The van der Waals surface area contributed by atoms with E-state index in [1.807, 2.05) is 4.98 Å². The Morgan fingerprint density at radius 2 is 1.77 bits per heavy atom. The normalized spacial score (nSPS) is 25.4. The molecule has 0 bridgehead atoms. The number of H-pyrrole nitrogens is 1. The van der Waals surface area contributed by atoms with Crippen LogP contribution in [0.2, 0.25) is 0 Å². The first-order valence-electron chi connectivity index (χ1n) is 10.5. The van der Waals surface area contributed by atoms with Crippen molar-refractivity contribution in [3.63, 3.8) is 0 Å². The summed E-state index contributed by atoms with van der Waals surface area (Å²) in [6, 6.07) is 3.22. The number of rotatable bonds is 8. The van der Waals surface area contributed by atoms with E-state index < -0.39 is 71.8 Å². The number of aromatic amines is 1. The SMILES string of the molecule is CC(C(N)C(=O)NC(C(=O)O)C1OC(n2ccc(=O)[nH]c2=O)C(O)C1O)C(O)c1ccc(O)cc1. The van der Waals surface area contributed by atoms with Crippen LogP contribution in [0.1, 0.15) is 24.8 Å². The number of carboxylic acid groups (broad SMARTS) is 1. The molecule has 14 heteroatoms. The number of nitrogens with zero attached hydrogens (tertiary/aromatic N) is 1. The largest absolute Gasteiger partial charge is 0.508 e. The number of aromatic nitrogens is 2. The smallest absolute Gasteiger partial charge is 0.330 e. The second kappa shape index (κ2) is 10.4. The number of carboxylic acids is 1. The molecule has 1 aliphatic heterocycles. The van der Waals surface area contributed by atoms with Gasteiger partial charge in [-0.05, 0) is 17.7 Å². The molecule has 0 aliphatic carbocycles. The van der Waals surface area contributed by atoms with Gasteiger partial charge in [0.05, 0.1) is 12.1 Å². The topological polar surface area (TPSA) is 237 Å². The molecule has 2 aromatic rings. The van der Waals surface area contributed by atoms with Gasteiger partial charge in [-0.3, -0.25) is 19.1 Å². The standard InChI is InChI=1S/C21H26N4O10/c1-8(14(28)9-2-4-10(26)5-3-9)12(22)18(31)24-13(20(32)33)17-15(29)16(30)19(35-17)25-7-6-11(27)23-21(25)34/h2-8,12-17,19,26,28-30H,22H2,1H3,(H,24,31)(H,32,33)(H,23,27,34). The molecule has 1 fully saturated rings. The van der Waals surface area contributed by atoms with Crippen molar-refractivity contribution >= 4 is 11.9 Å². The summed E-state index contributed by atoms with van der Waals surface area (Å²) in [5.41, 5.74) is 4.62. The maximum Gasteiger partial charge on any atom is 0.330 e. The van der Waals surface area contributed by atoms with Gasteiger partial charge in [0, 0.05) is 18.2 Å². The highest BCUT2D eigenvalue weighted by atomic mass is 16.6. The second-order valence-electron chi connectivity index (χ2n) is 8.24. The van der Waals surface area contributed by atoms with Gasteiger partial charge in [-0.25, -0.2) is 9.59 Å². The molecule has 1 saturated heterocycles. The molecule has 2 heterocycles. The van der Waals surface area contributed by atoms with Crippen molar-refractivity contribution in [2.75, 3.05) is 0 Å². The molecule has 190 valence electrons. The fourth-order valence-electron chi connectivity index (χ4n) is 3.76. The number of phenolic OH excluding ortho intramolecular Hbond substituents is 1. The van der Waals surface area contributed by atoms with E-state index in [9.17, 15) is 44.7 Å². The average Bonchev–Trinajstić information content (AvgIpc) is 3.10. The molecule has 8 atom stereocenters. The number of aromatic hydroxyl groups is 1. The Hall–Kier alpha value is -3.56. The summed E-state index contributed by atoms with van der Waals surface area (Å²) >= 11 is 0. The molecule has 1 aromatic heterocycles. The fourth-order valence-corrected chi connectivity index (χ4v) is 3.76. The van der Waals surface area contributed by atoms with Crippen LogP contribution in [-0.4, -0.2) is 77.4 Å². The van der Waals surface area contributed by atoms with Gasteiger partial charge >= 0.3 is 11.7 Å². The Labute approximate surface area is 197 Å². The molecule has 1 aliphatic rings. The summed E-state index contributed by atoms with van der Waals surface area (Å²) in [7, 11) is 0. The zero-order chi connectivity index (χ0) is 26.0. The van der Waals surface area contributed by atoms with Crippen LogP contribution < -0.4 is 22.3 Å². The van der Waals surface area contributed by atoms with Gasteiger partial charge in [-0.2, -0.15) is 0 Å². The number of aliphatic hydroxyl groups is 3. The van der Waals surface area contributed by atoms with Crippen molar-refractivity contribution in [1.29, 1.82) is 0 Å². The van der Waals surface area contributed by atoms with Crippen LogP contribution in [0, 0.1) is 5.92 Å². The minimum absolute atomic E-state index is 0.0281. The maximum absolute atomic E-state index is 12.7. The molecular weight excluding hydrogens is 468 g/mol. The number of carbonyl (C=O) groups is 2. The third-order valence-corrected chi connectivity index (χ3v) is 5.89. The maximum atomic E-state index is 12.7. The van der Waals surface area contributed by atoms with Crippen LogP contribution in [-0.2, 0) is 14.3 Å². The number of benzene rings is 1. The monoisotopic (exact) mass is 494 g/mol. The molecule has 1 amide bonds. The number of amides is 1. The van der Waals surface area contributed by atoms with Gasteiger partial charge in [0.15, 0.2) is 12.3 Å². The average molecular weight is 494 g/mol. The van der Waals surface area contributed by atoms with E-state index in [2.05, 4.69) is 5.32 Å². The van der Waals surface area contributed by atoms with Gasteiger partial charge in [-0.1, -0.05) is 19.1 Å². The lowest BCUT2D eigenvalue weighted by Crippen LogP contribution is -2.57. The number of aliphatic carboxylic acids is 1. The van der Waals surface area contributed by atoms with Gasteiger partial charge in [0.25, 0.3) is 5.56 Å². The van der Waals surface area contributed by atoms with Gasteiger partial charge in [0.2, 0.25) is 5.91 Å². The fraction of sp³-hybridized carbons (Fsp3) is 0.429. The van der Waals surface area contributed by atoms with E-state index in [1.54, 1.807) is 0 Å². The Morgan fingerprint density at radius 1 is 1.14 bits per heavy atom. The highest BCUT2D eigenvalue weighted by Crippen LogP contribution is 2.31. The predicted octanol–water partition coefficient (Wildman–Crippen LogP) is -2.87. The van der Waals surface area contributed by atoms with E-state index in [0.29, 0.717) is 5.56 Å². The Morgan fingerprint density at radius 3 is 2.34 bits per heavy atom. The van der Waals surface area contributed by atoms with Gasteiger partial charge in [0.1, 0.15) is 24.1 Å². The number of aliphatic hydroxyl groups excluding tert-OH is 3. The van der Waals surface area contributed by atoms with E-state index in [1.165, 1.54) is 31.2 Å². The Bertz CT molecular complexity index is 1180. The third-order valence-electron chi connectivity index (χ3n) is 5.89. The van der Waals surface area contributed by atoms with Crippen LogP contribution in [0.4, 0.5) is 0 Å². The molecule has 35 heavy (non-hydrogen) atoms. The third kappa shape index (κ3) is 5.41. The number of nitrogens with two attached hydrogens (primary N) is 1. The van der Waals surface area contributed by atoms with Crippen LogP contribution in [0.25, 0.3) is 0 Å². The van der Waals surface area contributed by atoms with Crippen LogP contribution in [0.3, 0.4) is 0 Å². The van der Waals surface area contributed by atoms with Gasteiger partial charge in [-0.15, -0.1) is 0 Å². The number of nitrogens with one attached hydrogen (secondary N) is 2. The molecule has 3 rings (SSSR count). The van der Waals surface area contributed by atoms with Crippen LogP contribution in [0.15, 0.2) is 46.1 Å².